The number of hydrogen-bond acceptors (Lipinski definition) is 5. The van der Waals surface area contributed by atoms with Crippen molar-refractivity contribution in [3.8, 4) is 0 Å². The van der Waals surface area contributed by atoms with Crippen molar-refractivity contribution in [2.24, 2.45) is 0 Å². The normalized spacial score (nSPS) is 15.0. The van der Waals surface area contributed by atoms with Crippen molar-refractivity contribution in [1.29, 1.82) is 0 Å². The van der Waals surface area contributed by atoms with E-state index in [0.29, 0.717) is 18.7 Å². The highest BCUT2D eigenvalue weighted by Gasteiger charge is 2.31. The number of benzene rings is 1. The molecule has 0 bridgehead atoms. The Hall–Kier alpha value is -2.65. The maximum Gasteiger partial charge on any atom is 0.335 e. The van der Waals surface area contributed by atoms with Crippen molar-refractivity contribution in [3.05, 3.63) is 53.0 Å². The minimum absolute atomic E-state index is 0.0142. The third-order valence-corrected chi connectivity index (χ3v) is 6.44. The number of nitrogens with zero attached hydrogens (tertiary/aromatic N) is 1. The molecule has 1 saturated heterocycles. The van der Waals surface area contributed by atoms with E-state index in [9.17, 15) is 18.0 Å². The van der Waals surface area contributed by atoms with Gasteiger partial charge < -0.3 is 14.8 Å². The lowest BCUT2D eigenvalue weighted by atomic mass is 10.1. The minimum Gasteiger partial charge on any atom is -0.478 e. The fourth-order valence-electron chi connectivity index (χ4n) is 2.94. The maximum absolute atomic E-state index is 12.6. The molecule has 144 valence electrons. The summed E-state index contributed by atoms with van der Waals surface area (Å²) in [6.07, 6.45) is 1.65. The van der Waals surface area contributed by atoms with Crippen LogP contribution in [0.5, 0.6) is 0 Å². The lowest BCUT2D eigenvalue weighted by molar-refractivity contribution is 0.0696. The number of hydrogen-bond donors (Lipinski definition) is 2. The molecule has 0 saturated carbocycles. The topological polar surface area (TPSA) is 117 Å². The first-order chi connectivity index (χ1) is 12.8. The number of nitrogens with one attached hydrogen (secondary N) is 1. The summed E-state index contributed by atoms with van der Waals surface area (Å²) in [6.45, 7) is 2.62. The molecule has 1 fully saturated rings. The van der Waals surface area contributed by atoms with Crippen LogP contribution in [-0.2, 0) is 16.6 Å². The van der Waals surface area contributed by atoms with E-state index in [4.69, 9.17) is 9.52 Å². The van der Waals surface area contributed by atoms with Gasteiger partial charge in [-0.1, -0.05) is 12.1 Å². The zero-order valence-electron chi connectivity index (χ0n) is 14.8. The summed E-state index contributed by atoms with van der Waals surface area (Å²) in [6, 6.07) is 7.34. The van der Waals surface area contributed by atoms with Crippen LogP contribution >= 0.6 is 0 Å². The van der Waals surface area contributed by atoms with Crippen LogP contribution in [0.2, 0.25) is 0 Å². The van der Waals surface area contributed by atoms with Gasteiger partial charge in [0.2, 0.25) is 10.0 Å². The van der Waals surface area contributed by atoms with Gasteiger partial charge in [-0.2, -0.15) is 4.31 Å². The highest BCUT2D eigenvalue weighted by Crippen LogP contribution is 2.26. The average molecular weight is 392 g/mol. The van der Waals surface area contributed by atoms with Crippen LogP contribution in [0.1, 0.15) is 45.1 Å². The molecule has 9 heteroatoms. The smallest absolute Gasteiger partial charge is 0.335 e. The summed E-state index contributed by atoms with van der Waals surface area (Å²) in [4.78, 5) is 23.2. The van der Waals surface area contributed by atoms with Gasteiger partial charge in [-0.05, 0) is 37.5 Å². The minimum atomic E-state index is -3.66. The van der Waals surface area contributed by atoms with Crippen LogP contribution in [-0.4, -0.2) is 42.8 Å². The lowest BCUT2D eigenvalue weighted by Gasteiger charge is -2.14. The average Bonchev–Trinajstić information content (AvgIpc) is 3.30. The standard InChI is InChI=1S/C18H20N2O6S/c1-12-16(27(24,25)20-8-2-3-9-20)10-15(26-12)17(21)19-11-13-4-6-14(7-5-13)18(22)23/h4-7,10H,2-3,8-9,11H2,1H3,(H,19,21)(H,22,23). The van der Waals surface area contributed by atoms with E-state index in [-0.39, 0.29) is 28.5 Å². The summed E-state index contributed by atoms with van der Waals surface area (Å²) in [5.41, 5.74) is 0.866. The summed E-state index contributed by atoms with van der Waals surface area (Å²) in [5, 5.41) is 11.5. The Kier molecular flexibility index (Phi) is 5.33. The van der Waals surface area contributed by atoms with Crippen molar-refractivity contribution >= 4 is 21.9 Å². The molecule has 27 heavy (non-hydrogen) atoms. The molecule has 0 radical (unpaired) electrons. The zero-order chi connectivity index (χ0) is 19.6. The number of carboxylic acid groups (broad SMARTS) is 1. The third-order valence-electron chi connectivity index (χ3n) is 4.43. The predicted octanol–water partition coefficient (Wildman–Crippen LogP) is 2.00. The first-order valence-corrected chi connectivity index (χ1v) is 9.94. The number of rotatable bonds is 6. The van der Waals surface area contributed by atoms with Gasteiger partial charge in [0.1, 0.15) is 10.7 Å². The molecule has 1 amide bonds. The van der Waals surface area contributed by atoms with Gasteiger partial charge in [0, 0.05) is 25.7 Å². The molecule has 8 nitrogen and oxygen atoms in total. The monoisotopic (exact) mass is 392 g/mol. The highest BCUT2D eigenvalue weighted by atomic mass is 32.2. The Morgan fingerprint density at radius 1 is 1.19 bits per heavy atom. The Morgan fingerprint density at radius 3 is 2.41 bits per heavy atom. The van der Waals surface area contributed by atoms with Crippen molar-refractivity contribution in [2.75, 3.05) is 13.1 Å². The fraction of sp³-hybridized carbons (Fsp3) is 0.333. The van der Waals surface area contributed by atoms with Crippen molar-refractivity contribution in [2.45, 2.75) is 31.2 Å². The first-order valence-electron chi connectivity index (χ1n) is 8.50. The summed E-state index contributed by atoms with van der Waals surface area (Å²) in [7, 11) is -3.66. The molecule has 0 aliphatic carbocycles. The maximum atomic E-state index is 12.6. The Balaban J connectivity index is 1.69. The number of sulfonamides is 1. The number of aromatic carboxylic acids is 1. The first kappa shape index (κ1) is 19.1. The zero-order valence-corrected chi connectivity index (χ0v) is 15.6. The lowest BCUT2D eigenvalue weighted by Crippen LogP contribution is -2.28. The second-order valence-corrected chi connectivity index (χ2v) is 8.23. The molecule has 1 aliphatic rings. The van der Waals surface area contributed by atoms with E-state index in [0.717, 1.165) is 12.8 Å². The van der Waals surface area contributed by atoms with Crippen LogP contribution in [0.3, 0.4) is 0 Å². The third kappa shape index (κ3) is 4.04. The number of amides is 1. The summed E-state index contributed by atoms with van der Waals surface area (Å²) < 4.78 is 32.1. The highest BCUT2D eigenvalue weighted by molar-refractivity contribution is 7.89. The van der Waals surface area contributed by atoms with Gasteiger partial charge in [-0.25, -0.2) is 13.2 Å². The largest absolute Gasteiger partial charge is 0.478 e. The van der Waals surface area contributed by atoms with Crippen LogP contribution in [0.15, 0.2) is 39.6 Å². The van der Waals surface area contributed by atoms with Crippen molar-refractivity contribution in [1.82, 2.24) is 9.62 Å². The van der Waals surface area contributed by atoms with E-state index in [1.54, 1.807) is 12.1 Å². The molecule has 0 spiro atoms. The van der Waals surface area contributed by atoms with Crippen LogP contribution in [0.4, 0.5) is 0 Å². The molecule has 2 heterocycles. The Labute approximate surface area is 156 Å². The molecule has 0 unspecified atom stereocenters. The number of carboxylic acids is 1. The van der Waals surface area contributed by atoms with Gasteiger partial charge in [0.05, 0.1) is 5.56 Å². The van der Waals surface area contributed by atoms with E-state index >= 15 is 0 Å². The SMILES string of the molecule is Cc1oc(C(=O)NCc2ccc(C(=O)O)cc2)cc1S(=O)(=O)N1CCCC1. The number of aryl methyl sites for hydroxylation is 1. The van der Waals surface area contributed by atoms with Gasteiger partial charge in [-0.3, -0.25) is 4.79 Å². The van der Waals surface area contributed by atoms with E-state index in [1.165, 1.54) is 29.4 Å². The molecule has 1 aliphatic heterocycles. The molecule has 1 aromatic carbocycles. The quantitative estimate of drug-likeness (QED) is 0.777. The Morgan fingerprint density at radius 2 is 1.81 bits per heavy atom. The molecular weight excluding hydrogens is 372 g/mol. The Bertz CT molecular complexity index is 956. The van der Waals surface area contributed by atoms with Gasteiger partial charge in [0.25, 0.3) is 5.91 Å². The number of furan rings is 1. The second-order valence-electron chi connectivity index (χ2n) is 6.33. The molecule has 0 atom stereocenters. The van der Waals surface area contributed by atoms with E-state index in [2.05, 4.69) is 5.32 Å². The number of carbonyl (C=O) groups is 2. The van der Waals surface area contributed by atoms with Gasteiger partial charge >= 0.3 is 5.97 Å². The van der Waals surface area contributed by atoms with Crippen LogP contribution in [0, 0.1) is 6.92 Å². The van der Waals surface area contributed by atoms with E-state index in [1.807, 2.05) is 0 Å². The van der Waals surface area contributed by atoms with Crippen LogP contribution in [0.25, 0.3) is 0 Å². The molecule has 2 aromatic rings. The molecular formula is C18H20N2O6S. The van der Waals surface area contributed by atoms with Crippen LogP contribution < -0.4 is 5.32 Å². The molecule has 2 N–H and O–H groups in total. The molecule has 1 aromatic heterocycles. The molecule has 3 rings (SSSR count). The van der Waals surface area contributed by atoms with Gasteiger partial charge in [-0.15, -0.1) is 0 Å². The number of carbonyl (C=O) groups excluding carboxylic acids is 1. The second kappa shape index (κ2) is 7.53. The fourth-order valence-corrected chi connectivity index (χ4v) is 4.61. The summed E-state index contributed by atoms with van der Waals surface area (Å²) >= 11 is 0. The van der Waals surface area contributed by atoms with Gasteiger partial charge in [0.15, 0.2) is 5.76 Å². The predicted molar refractivity (Wildman–Crippen MR) is 96.0 cm³/mol. The summed E-state index contributed by atoms with van der Waals surface area (Å²) in [5.74, 6) is -1.46. The van der Waals surface area contributed by atoms with E-state index < -0.39 is 21.9 Å². The van der Waals surface area contributed by atoms with Crippen molar-refractivity contribution in [3.63, 3.8) is 0 Å². The van der Waals surface area contributed by atoms with Crippen molar-refractivity contribution < 1.29 is 27.5 Å².